The number of ether oxygens (including phenoxy) is 1. The molecule has 2 aliphatic rings. The number of anilines is 1. The van der Waals surface area contributed by atoms with Crippen molar-refractivity contribution in [1.82, 2.24) is 29.9 Å². The number of fused-ring (bicyclic) bond motifs is 1. The predicted octanol–water partition coefficient (Wildman–Crippen LogP) is 2.02. The van der Waals surface area contributed by atoms with Crippen LogP contribution < -0.4 is 10.6 Å². The fraction of sp³-hybridized carbons (Fsp3) is 0.429. The van der Waals surface area contributed by atoms with Crippen molar-refractivity contribution in [2.45, 2.75) is 38.5 Å². The number of nitrogens with zero attached hydrogens (tertiary/aromatic N) is 5. The average molecular weight is 409 g/mol. The van der Waals surface area contributed by atoms with Gasteiger partial charge in [-0.15, -0.1) is 0 Å². The van der Waals surface area contributed by atoms with Crippen LogP contribution in [-0.2, 0) is 29.7 Å². The van der Waals surface area contributed by atoms with Gasteiger partial charge in [-0.1, -0.05) is 13.2 Å². The molecule has 4 rings (SSSR count). The molecule has 9 nitrogen and oxygen atoms in total. The zero-order chi connectivity index (χ0) is 21.1. The summed E-state index contributed by atoms with van der Waals surface area (Å²) in [5.41, 5.74) is 2.81. The summed E-state index contributed by atoms with van der Waals surface area (Å²) in [5, 5.41) is 15.2. The van der Waals surface area contributed by atoms with Crippen molar-refractivity contribution in [3.63, 3.8) is 0 Å². The van der Waals surface area contributed by atoms with Crippen molar-refractivity contribution >= 4 is 17.4 Å². The normalized spacial score (nSPS) is 21.2. The third-order valence-corrected chi connectivity index (χ3v) is 5.59. The minimum atomic E-state index is -0.129. The Bertz CT molecular complexity index is 964. The summed E-state index contributed by atoms with van der Waals surface area (Å²) in [6.07, 6.45) is 7.61. The molecule has 9 heteroatoms. The van der Waals surface area contributed by atoms with Gasteiger partial charge in [0, 0.05) is 19.2 Å². The monoisotopic (exact) mass is 409 g/mol. The van der Waals surface area contributed by atoms with E-state index in [0.29, 0.717) is 19.0 Å². The topological polar surface area (TPSA) is 98.9 Å². The summed E-state index contributed by atoms with van der Waals surface area (Å²) in [6.45, 7) is 9.79. The fourth-order valence-corrected chi connectivity index (χ4v) is 4.00. The maximum Gasteiger partial charge on any atom is 0.243 e. The molecule has 1 saturated carbocycles. The summed E-state index contributed by atoms with van der Waals surface area (Å²) < 4.78 is 9.18. The summed E-state index contributed by atoms with van der Waals surface area (Å²) in [5.74, 6) is 1.60. The molecular weight excluding hydrogens is 382 g/mol. The molecule has 3 heterocycles. The number of hydrogen-bond acceptors (Lipinski definition) is 6. The molecule has 0 unspecified atom stereocenters. The van der Waals surface area contributed by atoms with Crippen molar-refractivity contribution in [2.24, 2.45) is 13.0 Å². The zero-order valence-corrected chi connectivity index (χ0v) is 17.2. The minimum absolute atomic E-state index is 0.129. The Balaban J connectivity index is 1.53. The maximum atomic E-state index is 11.6. The highest BCUT2D eigenvalue weighted by atomic mass is 16.5. The van der Waals surface area contributed by atoms with Crippen molar-refractivity contribution in [1.29, 1.82) is 0 Å². The van der Waals surface area contributed by atoms with Crippen LogP contribution in [0.15, 0.2) is 43.3 Å². The SMILES string of the molecule is C=CC(=O)N[C@@H]1CC[C@H](C(=C)/C=C(/Nc2cc3n(n2)CCOC3)c2ncnn2C)C1. The molecule has 1 fully saturated rings. The highest BCUT2D eigenvalue weighted by Gasteiger charge is 2.27. The maximum absolute atomic E-state index is 11.6. The predicted molar refractivity (Wildman–Crippen MR) is 113 cm³/mol. The van der Waals surface area contributed by atoms with Gasteiger partial charge in [-0.05, 0) is 42.9 Å². The van der Waals surface area contributed by atoms with E-state index in [1.165, 1.54) is 12.4 Å². The van der Waals surface area contributed by atoms with Gasteiger partial charge in [0.05, 0.1) is 31.1 Å². The second-order valence-electron chi connectivity index (χ2n) is 7.68. The van der Waals surface area contributed by atoms with Gasteiger partial charge in [-0.25, -0.2) is 9.67 Å². The lowest BCUT2D eigenvalue weighted by Gasteiger charge is -2.15. The standard InChI is InChI=1S/C21H27N7O2/c1-4-20(29)24-16-6-5-15(10-16)14(2)9-18(21-22-13-23-27(21)3)25-19-11-17-12-30-8-7-28(17)26-19/h4,9,11,13,15-16H,1-2,5-8,10,12H2,3H3,(H,24,29)(H,25,26)/b18-9+/t15-,16+/m0/s1. The highest BCUT2D eigenvalue weighted by Crippen LogP contribution is 2.33. The van der Waals surface area contributed by atoms with E-state index < -0.39 is 0 Å². The van der Waals surface area contributed by atoms with E-state index in [0.717, 1.165) is 48.6 Å². The van der Waals surface area contributed by atoms with Gasteiger partial charge < -0.3 is 15.4 Å². The molecule has 0 spiro atoms. The lowest BCUT2D eigenvalue weighted by Crippen LogP contribution is -2.31. The largest absolute Gasteiger partial charge is 0.373 e. The van der Waals surface area contributed by atoms with Crippen LogP contribution in [-0.4, -0.2) is 43.1 Å². The number of aryl methyl sites for hydroxylation is 1. The molecule has 0 bridgehead atoms. The lowest BCUT2D eigenvalue weighted by atomic mass is 9.97. The summed E-state index contributed by atoms with van der Waals surface area (Å²) >= 11 is 0. The molecule has 0 aromatic carbocycles. The van der Waals surface area contributed by atoms with Gasteiger partial charge in [-0.2, -0.15) is 10.2 Å². The first-order valence-corrected chi connectivity index (χ1v) is 10.1. The first kappa shape index (κ1) is 20.1. The van der Waals surface area contributed by atoms with Gasteiger partial charge in [0.2, 0.25) is 5.91 Å². The lowest BCUT2D eigenvalue weighted by molar-refractivity contribution is -0.117. The fourth-order valence-electron chi connectivity index (χ4n) is 4.00. The number of carbonyl (C=O) groups is 1. The van der Waals surface area contributed by atoms with E-state index >= 15 is 0 Å². The molecule has 1 aliphatic heterocycles. The van der Waals surface area contributed by atoms with E-state index in [4.69, 9.17) is 4.74 Å². The van der Waals surface area contributed by atoms with Gasteiger partial charge >= 0.3 is 0 Å². The summed E-state index contributed by atoms with van der Waals surface area (Å²) in [4.78, 5) is 16.0. The summed E-state index contributed by atoms with van der Waals surface area (Å²) in [7, 11) is 1.85. The van der Waals surface area contributed by atoms with Gasteiger partial charge in [0.25, 0.3) is 0 Å². The highest BCUT2D eigenvalue weighted by molar-refractivity contribution is 5.87. The smallest absolute Gasteiger partial charge is 0.243 e. The molecule has 0 saturated heterocycles. The number of amides is 1. The van der Waals surface area contributed by atoms with Crippen LogP contribution in [0.25, 0.3) is 5.70 Å². The molecule has 158 valence electrons. The van der Waals surface area contributed by atoms with E-state index in [9.17, 15) is 4.79 Å². The molecule has 2 atom stereocenters. The Kier molecular flexibility index (Phi) is 5.80. The first-order valence-electron chi connectivity index (χ1n) is 10.1. The average Bonchev–Trinajstić information content (AvgIpc) is 3.46. The van der Waals surface area contributed by atoms with Crippen LogP contribution in [0.2, 0.25) is 0 Å². The van der Waals surface area contributed by atoms with Gasteiger partial charge in [-0.3, -0.25) is 9.48 Å². The van der Waals surface area contributed by atoms with Gasteiger partial charge in [0.15, 0.2) is 11.6 Å². The van der Waals surface area contributed by atoms with Gasteiger partial charge in [0.1, 0.15) is 6.33 Å². The Morgan fingerprint density at radius 1 is 1.40 bits per heavy atom. The molecule has 0 radical (unpaired) electrons. The minimum Gasteiger partial charge on any atom is -0.373 e. The second kappa shape index (κ2) is 8.66. The third-order valence-electron chi connectivity index (χ3n) is 5.59. The van der Waals surface area contributed by atoms with Crippen LogP contribution in [0, 0.1) is 5.92 Å². The van der Waals surface area contributed by atoms with Crippen molar-refractivity contribution in [3.8, 4) is 0 Å². The van der Waals surface area contributed by atoms with Crippen LogP contribution >= 0.6 is 0 Å². The number of rotatable bonds is 7. The molecule has 2 N–H and O–H groups in total. The Morgan fingerprint density at radius 3 is 3.00 bits per heavy atom. The van der Waals surface area contributed by atoms with E-state index in [1.54, 1.807) is 4.68 Å². The van der Waals surface area contributed by atoms with Crippen molar-refractivity contribution in [2.75, 3.05) is 11.9 Å². The summed E-state index contributed by atoms with van der Waals surface area (Å²) in [6, 6.07) is 2.14. The Labute approximate surface area is 175 Å². The van der Waals surface area contributed by atoms with Crippen molar-refractivity contribution < 1.29 is 9.53 Å². The molecule has 1 aliphatic carbocycles. The molecule has 2 aromatic rings. The number of allylic oxidation sites excluding steroid dienone is 2. The third kappa shape index (κ3) is 4.35. The molecular formula is C21H27N7O2. The first-order chi connectivity index (χ1) is 14.5. The van der Waals surface area contributed by atoms with E-state index in [-0.39, 0.29) is 17.9 Å². The molecule has 1 amide bonds. The van der Waals surface area contributed by atoms with Crippen molar-refractivity contribution in [3.05, 3.63) is 54.8 Å². The Morgan fingerprint density at radius 2 is 2.27 bits per heavy atom. The number of nitrogens with one attached hydrogen (secondary N) is 2. The number of aromatic nitrogens is 5. The zero-order valence-electron chi connectivity index (χ0n) is 17.2. The molecule has 30 heavy (non-hydrogen) atoms. The number of hydrogen-bond donors (Lipinski definition) is 2. The Hall–Kier alpha value is -3.20. The number of carbonyl (C=O) groups excluding carboxylic acids is 1. The van der Waals surface area contributed by atoms with Crippen LogP contribution in [0.1, 0.15) is 30.8 Å². The van der Waals surface area contributed by atoms with Crippen LogP contribution in [0.4, 0.5) is 5.82 Å². The van der Waals surface area contributed by atoms with Crippen LogP contribution in [0.5, 0.6) is 0 Å². The molecule has 2 aromatic heterocycles. The van der Waals surface area contributed by atoms with E-state index in [1.807, 2.05) is 23.9 Å². The van der Waals surface area contributed by atoms with E-state index in [2.05, 4.69) is 39.0 Å². The second-order valence-corrected chi connectivity index (χ2v) is 7.68. The quantitative estimate of drug-likeness (QED) is 0.536. The van der Waals surface area contributed by atoms with Crippen LogP contribution in [0.3, 0.4) is 0 Å².